The van der Waals surface area contributed by atoms with Gasteiger partial charge in [0.15, 0.2) is 0 Å². The number of esters is 1. The number of carbonyl (C=O) groups excluding carboxylic acids is 5. The largest absolute Gasteiger partial charge is 0.463 e. The van der Waals surface area contributed by atoms with E-state index in [0.717, 1.165) is 4.90 Å². The van der Waals surface area contributed by atoms with E-state index in [1.165, 1.54) is 19.1 Å². The van der Waals surface area contributed by atoms with E-state index in [1.54, 1.807) is 25.1 Å². The number of aliphatic hydroxyl groups excluding tert-OH is 3. The van der Waals surface area contributed by atoms with Crippen LogP contribution in [0.2, 0.25) is 0 Å². The lowest BCUT2D eigenvalue weighted by Gasteiger charge is -2.36. The van der Waals surface area contributed by atoms with E-state index in [-0.39, 0.29) is 62.2 Å². The Morgan fingerprint density at radius 2 is 1.74 bits per heavy atom. The first kappa shape index (κ1) is 43.1. The van der Waals surface area contributed by atoms with Crippen LogP contribution in [0.3, 0.4) is 0 Å². The Morgan fingerprint density at radius 3 is 2.36 bits per heavy atom. The predicted octanol–water partition coefficient (Wildman–Crippen LogP) is 2.58. The van der Waals surface area contributed by atoms with Gasteiger partial charge in [0, 0.05) is 39.3 Å². The molecule has 0 aromatic heterocycles. The monoisotopic (exact) mass is 667 g/mol. The third-order valence-electron chi connectivity index (χ3n) is 6.43. The first-order valence-electron chi connectivity index (χ1n) is 16.1. The van der Waals surface area contributed by atoms with Gasteiger partial charge in [-0.3, -0.25) is 28.9 Å². The molecule has 4 unspecified atom stereocenters. The molecule has 14 heteroatoms. The first-order chi connectivity index (χ1) is 22.6. The minimum absolute atomic E-state index is 0.0504. The van der Waals surface area contributed by atoms with Crippen molar-refractivity contribution in [3.05, 3.63) is 35.9 Å². The van der Waals surface area contributed by atoms with Gasteiger partial charge >= 0.3 is 5.97 Å². The zero-order valence-corrected chi connectivity index (χ0v) is 28.4. The molecule has 5 N–H and O–H groups in total. The molecule has 266 valence electrons. The second kappa shape index (κ2) is 25.3. The van der Waals surface area contributed by atoms with Crippen LogP contribution in [-0.4, -0.2) is 94.6 Å². The Labute approximate surface area is 277 Å². The van der Waals surface area contributed by atoms with Gasteiger partial charge in [0.1, 0.15) is 24.6 Å². The van der Waals surface area contributed by atoms with Gasteiger partial charge in [-0.1, -0.05) is 46.3 Å². The Balaban J connectivity index is 0.00000508. The average Bonchev–Trinajstić information content (AvgIpc) is 3.06. The number of rotatable bonds is 17. The second-order valence-electron chi connectivity index (χ2n) is 9.90. The molecule has 1 aliphatic rings. The van der Waals surface area contributed by atoms with Crippen LogP contribution in [0.1, 0.15) is 85.6 Å². The predicted molar refractivity (Wildman–Crippen MR) is 175 cm³/mol. The van der Waals surface area contributed by atoms with E-state index in [0.29, 0.717) is 31.2 Å². The summed E-state index contributed by atoms with van der Waals surface area (Å²) >= 11 is 0. The lowest BCUT2D eigenvalue weighted by atomic mass is 10.0. The van der Waals surface area contributed by atoms with Gasteiger partial charge in [-0.05, 0) is 43.5 Å². The van der Waals surface area contributed by atoms with Gasteiger partial charge < -0.3 is 40.2 Å². The molecule has 1 fully saturated rings. The summed E-state index contributed by atoms with van der Waals surface area (Å²) in [7, 11) is 0. The van der Waals surface area contributed by atoms with Crippen LogP contribution >= 0.6 is 0 Å². The summed E-state index contributed by atoms with van der Waals surface area (Å²) < 4.78 is 16.4. The van der Waals surface area contributed by atoms with Crippen LogP contribution in [0.25, 0.3) is 0 Å². The highest BCUT2D eigenvalue weighted by atomic mass is 16.7. The van der Waals surface area contributed by atoms with Crippen molar-refractivity contribution in [3.63, 3.8) is 0 Å². The molecule has 0 saturated carbocycles. The van der Waals surface area contributed by atoms with Crippen molar-refractivity contribution in [2.45, 2.75) is 111 Å². The molecule has 47 heavy (non-hydrogen) atoms. The number of aliphatic hydroxyl groups is 3. The minimum atomic E-state index is -1.28. The summed E-state index contributed by atoms with van der Waals surface area (Å²) in [6.45, 7) is 10.7. The smallest absolute Gasteiger partial charge is 0.302 e. The number of allylic oxidation sites excluding steroid dienone is 1. The van der Waals surface area contributed by atoms with Crippen molar-refractivity contribution < 1.29 is 53.5 Å². The van der Waals surface area contributed by atoms with Crippen molar-refractivity contribution in [2.24, 2.45) is 0 Å². The lowest BCUT2D eigenvalue weighted by molar-refractivity contribution is -0.229. The number of anilines is 1. The first-order valence-corrected chi connectivity index (χ1v) is 16.1. The Bertz CT molecular complexity index is 1130. The molecule has 1 aromatic carbocycles. The number of ether oxygens (including phenoxy) is 3. The standard InChI is InChI=1S/C29H41N3O11.2C2H6/c1-3-7-27(39)32(18-34)13-6-4-5-8-25(37)30-12-11-26(38)31-21-14-20(17-41-19(2)35)9-10-23(21)42-28-15-22(36)29(40)24(16-33)43-28;2*1-2/h3,7,9-10,14,18,22,24,28-29,33,36,40H,4-6,8,11-13,15-17H2,1-2H3,(H,30,37)(H,31,38);2*1-2H3/b7-3-;;. The molecule has 0 aliphatic carbocycles. The molecule has 1 aliphatic heterocycles. The van der Waals surface area contributed by atoms with Gasteiger partial charge in [-0.2, -0.15) is 0 Å². The second-order valence-corrected chi connectivity index (χ2v) is 9.90. The van der Waals surface area contributed by atoms with Crippen LogP contribution in [0.5, 0.6) is 5.75 Å². The van der Waals surface area contributed by atoms with Crippen molar-refractivity contribution in [1.29, 1.82) is 0 Å². The highest BCUT2D eigenvalue weighted by molar-refractivity contribution is 5.94. The van der Waals surface area contributed by atoms with E-state index in [9.17, 15) is 39.3 Å². The number of imide groups is 1. The quantitative estimate of drug-likeness (QED) is 0.0708. The summed E-state index contributed by atoms with van der Waals surface area (Å²) in [6.07, 6.45) is 0.597. The van der Waals surface area contributed by atoms with Crippen molar-refractivity contribution in [1.82, 2.24) is 10.2 Å². The van der Waals surface area contributed by atoms with E-state index < -0.39 is 43.1 Å². The summed E-state index contributed by atoms with van der Waals surface area (Å²) in [6, 6.07) is 4.68. The van der Waals surface area contributed by atoms with Gasteiger partial charge in [0.05, 0.1) is 18.4 Å². The maximum atomic E-state index is 12.7. The number of amides is 4. The van der Waals surface area contributed by atoms with Crippen molar-refractivity contribution in [2.75, 3.05) is 25.0 Å². The summed E-state index contributed by atoms with van der Waals surface area (Å²) in [5, 5.41) is 34.9. The fraction of sp³-hybridized carbons (Fsp3) is 0.606. The minimum Gasteiger partial charge on any atom is -0.463 e. The number of nitrogens with one attached hydrogen (secondary N) is 2. The fourth-order valence-electron chi connectivity index (χ4n) is 4.15. The summed E-state index contributed by atoms with van der Waals surface area (Å²) in [5.41, 5.74) is 0.782. The lowest BCUT2D eigenvalue weighted by Crippen LogP contribution is -2.51. The number of nitrogens with zero attached hydrogens (tertiary/aromatic N) is 1. The van der Waals surface area contributed by atoms with Gasteiger partial charge in [-0.15, -0.1) is 0 Å². The molecule has 4 amide bonds. The Hall–Kier alpha value is -3.85. The molecule has 4 atom stereocenters. The van der Waals surface area contributed by atoms with Crippen molar-refractivity contribution >= 4 is 35.8 Å². The molecule has 2 rings (SSSR count). The number of hydrogen-bond donors (Lipinski definition) is 5. The molecule has 0 radical (unpaired) electrons. The van der Waals surface area contributed by atoms with Gasteiger partial charge in [0.2, 0.25) is 24.5 Å². The third-order valence-corrected chi connectivity index (χ3v) is 6.43. The number of carbonyl (C=O) groups is 5. The van der Waals surface area contributed by atoms with E-state index in [1.807, 2.05) is 27.7 Å². The van der Waals surface area contributed by atoms with Gasteiger partial charge in [-0.25, -0.2) is 0 Å². The third kappa shape index (κ3) is 17.0. The molecule has 0 bridgehead atoms. The number of benzene rings is 1. The molecular formula is C33H53N3O11. The molecule has 1 heterocycles. The van der Waals surface area contributed by atoms with Crippen LogP contribution in [-0.2, 0) is 40.1 Å². The number of unbranched alkanes of at least 4 members (excludes halogenated alkanes) is 2. The van der Waals surface area contributed by atoms with Gasteiger partial charge in [0.25, 0.3) is 5.91 Å². The van der Waals surface area contributed by atoms with Crippen molar-refractivity contribution in [3.8, 4) is 5.75 Å². The topological polar surface area (TPSA) is 201 Å². The fourth-order valence-corrected chi connectivity index (χ4v) is 4.15. The molecule has 1 saturated heterocycles. The molecule has 1 aromatic rings. The van der Waals surface area contributed by atoms with E-state index in [4.69, 9.17) is 14.2 Å². The zero-order chi connectivity index (χ0) is 35.8. The maximum Gasteiger partial charge on any atom is 0.302 e. The van der Waals surface area contributed by atoms with Crippen LogP contribution in [0, 0.1) is 0 Å². The molecule has 14 nitrogen and oxygen atoms in total. The summed E-state index contributed by atoms with van der Waals surface area (Å²) in [4.78, 5) is 59.9. The Kier molecular flexibility index (Phi) is 23.2. The van der Waals surface area contributed by atoms with E-state index >= 15 is 0 Å². The SMILES string of the molecule is C/C=C\C(=O)N(C=O)CCCCCC(=O)NCCC(=O)Nc1cc(COC(C)=O)ccc1OC1CC(O)C(O)C(CO)O1.CC.CC. The van der Waals surface area contributed by atoms with Crippen LogP contribution in [0.15, 0.2) is 30.4 Å². The van der Waals surface area contributed by atoms with E-state index in [2.05, 4.69) is 10.6 Å². The highest BCUT2D eigenvalue weighted by Crippen LogP contribution is 2.30. The highest BCUT2D eigenvalue weighted by Gasteiger charge is 2.37. The molecule has 0 spiro atoms. The maximum absolute atomic E-state index is 12.7. The summed E-state index contributed by atoms with van der Waals surface area (Å²) in [5.74, 6) is -1.38. The van der Waals surface area contributed by atoms with Crippen LogP contribution < -0.4 is 15.4 Å². The Morgan fingerprint density at radius 1 is 1.04 bits per heavy atom. The van der Waals surface area contributed by atoms with Crippen LogP contribution in [0.4, 0.5) is 5.69 Å². The average molecular weight is 668 g/mol. The molecular weight excluding hydrogens is 614 g/mol. The number of hydrogen-bond acceptors (Lipinski definition) is 11. The normalized spacial score (nSPS) is 18.4. The zero-order valence-electron chi connectivity index (χ0n) is 28.4.